The molecule has 0 saturated heterocycles. The molecule has 0 fully saturated rings. The van der Waals surface area contributed by atoms with Gasteiger partial charge in [0.15, 0.2) is 5.75 Å². The topological polar surface area (TPSA) is 113 Å². The van der Waals surface area contributed by atoms with Gasteiger partial charge in [0, 0.05) is 12.3 Å². The number of carbonyl (C=O) groups is 3. The Kier molecular flexibility index (Phi) is 12.7. The number of amides is 1. The SMILES string of the molecule is CCCCCCOC(=O)c1cnc(OC(=O)NCC(=O)OCCCC)c(OC(C)C)c1. The van der Waals surface area contributed by atoms with Gasteiger partial charge in [-0.2, -0.15) is 0 Å². The number of pyridine rings is 1. The third kappa shape index (κ3) is 11.2. The molecule has 0 saturated carbocycles. The third-order valence-corrected chi connectivity index (χ3v) is 3.98. The van der Waals surface area contributed by atoms with Crippen molar-refractivity contribution in [3.8, 4) is 11.6 Å². The van der Waals surface area contributed by atoms with Crippen molar-refractivity contribution in [1.82, 2.24) is 10.3 Å². The molecule has 174 valence electrons. The van der Waals surface area contributed by atoms with Gasteiger partial charge in [0.05, 0.1) is 24.9 Å². The molecule has 1 aromatic rings. The van der Waals surface area contributed by atoms with E-state index in [2.05, 4.69) is 17.2 Å². The summed E-state index contributed by atoms with van der Waals surface area (Å²) in [5.41, 5.74) is 0.193. The summed E-state index contributed by atoms with van der Waals surface area (Å²) in [6, 6.07) is 1.42. The summed E-state index contributed by atoms with van der Waals surface area (Å²) in [7, 11) is 0. The molecule has 0 spiro atoms. The maximum Gasteiger partial charge on any atom is 0.414 e. The van der Waals surface area contributed by atoms with Gasteiger partial charge in [-0.1, -0.05) is 39.5 Å². The Labute approximate surface area is 183 Å². The number of hydrogen-bond acceptors (Lipinski definition) is 8. The van der Waals surface area contributed by atoms with Gasteiger partial charge < -0.3 is 24.3 Å². The van der Waals surface area contributed by atoms with Gasteiger partial charge in [-0.15, -0.1) is 0 Å². The zero-order valence-corrected chi connectivity index (χ0v) is 18.9. The molecule has 1 N–H and O–H groups in total. The van der Waals surface area contributed by atoms with Gasteiger partial charge in [0.1, 0.15) is 6.54 Å². The van der Waals surface area contributed by atoms with Crippen LogP contribution in [0.15, 0.2) is 12.3 Å². The van der Waals surface area contributed by atoms with Crippen LogP contribution in [0.4, 0.5) is 4.79 Å². The molecule has 0 radical (unpaired) electrons. The lowest BCUT2D eigenvalue weighted by atomic mass is 10.2. The molecule has 0 aliphatic carbocycles. The Morgan fingerprint density at radius 1 is 1.00 bits per heavy atom. The van der Waals surface area contributed by atoms with Gasteiger partial charge in [-0.3, -0.25) is 4.79 Å². The molecule has 0 aliphatic heterocycles. The van der Waals surface area contributed by atoms with Crippen LogP contribution in [0.5, 0.6) is 11.6 Å². The second-order valence-corrected chi connectivity index (χ2v) is 7.21. The number of nitrogens with one attached hydrogen (secondary N) is 1. The first-order valence-corrected chi connectivity index (χ1v) is 10.8. The number of nitrogens with zero attached hydrogens (tertiary/aromatic N) is 1. The smallest absolute Gasteiger partial charge is 0.414 e. The van der Waals surface area contributed by atoms with Crippen LogP contribution < -0.4 is 14.8 Å². The molecule has 0 unspecified atom stereocenters. The van der Waals surface area contributed by atoms with E-state index in [9.17, 15) is 14.4 Å². The third-order valence-electron chi connectivity index (χ3n) is 3.98. The first kappa shape index (κ1) is 26.2. The second-order valence-electron chi connectivity index (χ2n) is 7.21. The Hall–Kier alpha value is -2.84. The predicted octanol–water partition coefficient (Wildman–Crippen LogP) is 4.04. The highest BCUT2D eigenvalue weighted by atomic mass is 16.6. The number of esters is 2. The number of aromatic nitrogens is 1. The number of hydrogen-bond donors (Lipinski definition) is 1. The molecule has 1 heterocycles. The first-order valence-electron chi connectivity index (χ1n) is 10.8. The molecule has 9 heteroatoms. The van der Waals surface area contributed by atoms with E-state index in [1.165, 1.54) is 12.3 Å². The molecule has 1 rings (SSSR count). The van der Waals surface area contributed by atoms with Crippen LogP contribution in [0.1, 0.15) is 76.6 Å². The van der Waals surface area contributed by atoms with Crippen LogP contribution in [0, 0.1) is 0 Å². The Morgan fingerprint density at radius 2 is 1.71 bits per heavy atom. The molecular formula is C22H34N2O7. The van der Waals surface area contributed by atoms with Crippen molar-refractivity contribution in [3.05, 3.63) is 17.8 Å². The Bertz CT molecular complexity index is 707. The highest BCUT2D eigenvalue weighted by Gasteiger charge is 2.18. The lowest BCUT2D eigenvalue weighted by Gasteiger charge is -2.14. The van der Waals surface area contributed by atoms with E-state index in [0.29, 0.717) is 13.2 Å². The van der Waals surface area contributed by atoms with E-state index in [-0.39, 0.29) is 29.8 Å². The van der Waals surface area contributed by atoms with Crippen LogP contribution >= 0.6 is 0 Å². The van der Waals surface area contributed by atoms with E-state index >= 15 is 0 Å². The van der Waals surface area contributed by atoms with E-state index in [1.807, 2.05) is 6.92 Å². The maximum atomic E-state index is 12.2. The van der Waals surface area contributed by atoms with Crippen LogP contribution in [-0.2, 0) is 14.3 Å². The molecule has 1 amide bonds. The normalized spacial score (nSPS) is 10.5. The van der Waals surface area contributed by atoms with E-state index in [4.69, 9.17) is 18.9 Å². The van der Waals surface area contributed by atoms with Gasteiger partial charge in [-0.05, 0) is 26.7 Å². The minimum absolute atomic E-state index is 0.120. The summed E-state index contributed by atoms with van der Waals surface area (Å²) in [5, 5.41) is 2.30. The maximum absolute atomic E-state index is 12.2. The van der Waals surface area contributed by atoms with E-state index < -0.39 is 18.0 Å². The van der Waals surface area contributed by atoms with Crippen LogP contribution in [-0.4, -0.2) is 48.9 Å². The highest BCUT2D eigenvalue weighted by molar-refractivity contribution is 5.89. The van der Waals surface area contributed by atoms with Crippen molar-refractivity contribution in [3.63, 3.8) is 0 Å². The van der Waals surface area contributed by atoms with Crippen LogP contribution in [0.3, 0.4) is 0 Å². The van der Waals surface area contributed by atoms with Crippen LogP contribution in [0.25, 0.3) is 0 Å². The van der Waals surface area contributed by atoms with E-state index in [1.54, 1.807) is 13.8 Å². The summed E-state index contributed by atoms with van der Waals surface area (Å²) < 4.78 is 21.0. The summed E-state index contributed by atoms with van der Waals surface area (Å²) in [4.78, 5) is 39.8. The Balaban J connectivity index is 2.67. The zero-order chi connectivity index (χ0) is 23.1. The van der Waals surface area contributed by atoms with Crippen LogP contribution in [0.2, 0.25) is 0 Å². The number of unbranched alkanes of at least 4 members (excludes halogenated alkanes) is 4. The minimum atomic E-state index is -0.889. The summed E-state index contributed by atoms with van der Waals surface area (Å²) in [5.74, 6) is -1.08. The fourth-order valence-corrected chi connectivity index (χ4v) is 2.39. The van der Waals surface area contributed by atoms with Crippen molar-refractivity contribution in [2.45, 2.75) is 72.3 Å². The van der Waals surface area contributed by atoms with Crippen molar-refractivity contribution in [1.29, 1.82) is 0 Å². The monoisotopic (exact) mass is 438 g/mol. The lowest BCUT2D eigenvalue weighted by Crippen LogP contribution is -2.33. The fourth-order valence-electron chi connectivity index (χ4n) is 2.39. The average molecular weight is 439 g/mol. The molecule has 9 nitrogen and oxygen atoms in total. The molecule has 31 heavy (non-hydrogen) atoms. The van der Waals surface area contributed by atoms with Gasteiger partial charge >= 0.3 is 18.0 Å². The summed E-state index contributed by atoms with van der Waals surface area (Å²) in [6.45, 7) is 7.96. The van der Waals surface area contributed by atoms with Gasteiger partial charge in [0.25, 0.3) is 5.88 Å². The minimum Gasteiger partial charge on any atom is -0.485 e. The molecule has 0 aliphatic rings. The number of ether oxygens (including phenoxy) is 4. The zero-order valence-electron chi connectivity index (χ0n) is 18.9. The van der Waals surface area contributed by atoms with E-state index in [0.717, 1.165) is 38.5 Å². The predicted molar refractivity (Wildman–Crippen MR) is 114 cm³/mol. The molecule has 1 aromatic heterocycles. The number of rotatable bonds is 14. The molecule has 0 aromatic carbocycles. The van der Waals surface area contributed by atoms with Gasteiger partial charge in [-0.25, -0.2) is 14.6 Å². The molecule has 0 atom stereocenters. The first-order chi connectivity index (χ1) is 14.9. The summed E-state index contributed by atoms with van der Waals surface area (Å²) in [6.07, 6.45) is 5.75. The molecule has 0 bridgehead atoms. The van der Waals surface area contributed by atoms with Gasteiger partial charge in [0.2, 0.25) is 0 Å². The number of carbonyl (C=O) groups excluding carboxylic acids is 3. The average Bonchev–Trinajstić information content (AvgIpc) is 2.73. The second kappa shape index (κ2) is 15.0. The van der Waals surface area contributed by atoms with Crippen molar-refractivity contribution < 1.29 is 33.3 Å². The van der Waals surface area contributed by atoms with Crippen molar-refractivity contribution in [2.24, 2.45) is 0 Å². The quantitative estimate of drug-likeness (QED) is 0.342. The standard InChI is InChI=1S/C22H34N2O7/c1-5-7-9-10-12-29-21(26)17-13-18(30-16(3)4)20(23-14-17)31-22(27)24-15-19(25)28-11-8-6-2/h13-14,16H,5-12,15H2,1-4H3,(H,24,27). The highest BCUT2D eigenvalue weighted by Crippen LogP contribution is 2.27. The Morgan fingerprint density at radius 3 is 2.39 bits per heavy atom. The van der Waals surface area contributed by atoms with Crippen molar-refractivity contribution >= 4 is 18.0 Å². The fraction of sp³-hybridized carbons (Fsp3) is 0.636. The largest absolute Gasteiger partial charge is 0.485 e. The molecular weight excluding hydrogens is 404 g/mol. The van der Waals surface area contributed by atoms with Crippen molar-refractivity contribution in [2.75, 3.05) is 19.8 Å². The lowest BCUT2D eigenvalue weighted by molar-refractivity contribution is -0.142. The summed E-state index contributed by atoms with van der Waals surface area (Å²) >= 11 is 0.